The summed E-state index contributed by atoms with van der Waals surface area (Å²) in [5.74, 6) is 2.19. The van der Waals surface area contributed by atoms with Crippen molar-refractivity contribution in [2.75, 3.05) is 20.8 Å². The van der Waals surface area contributed by atoms with E-state index in [0.717, 1.165) is 28.8 Å². The van der Waals surface area contributed by atoms with E-state index >= 15 is 0 Å². The van der Waals surface area contributed by atoms with Crippen molar-refractivity contribution in [3.05, 3.63) is 39.8 Å². The second-order valence-corrected chi connectivity index (χ2v) is 7.99. The van der Waals surface area contributed by atoms with E-state index in [1.807, 2.05) is 25.1 Å². The Kier molecular flexibility index (Phi) is 7.47. The van der Waals surface area contributed by atoms with Crippen LogP contribution in [0.1, 0.15) is 44.0 Å². The van der Waals surface area contributed by atoms with Gasteiger partial charge in [-0.15, -0.1) is 11.3 Å². The molecular weight excluding hydrogens is 360 g/mol. The summed E-state index contributed by atoms with van der Waals surface area (Å²) >= 11 is 1.70. The number of rotatable bonds is 7. The van der Waals surface area contributed by atoms with E-state index in [4.69, 9.17) is 14.5 Å². The van der Waals surface area contributed by atoms with Gasteiger partial charge in [0, 0.05) is 17.3 Å². The highest BCUT2D eigenvalue weighted by molar-refractivity contribution is 7.09. The zero-order chi connectivity index (χ0) is 19.9. The first-order valence-electron chi connectivity index (χ1n) is 9.05. The SMILES string of the molecule is CCNC(=NCc1ccc(OC)c(OC)c1)NCc1csc(C(C)(C)C)n1. The Morgan fingerprint density at radius 2 is 1.89 bits per heavy atom. The Morgan fingerprint density at radius 3 is 2.48 bits per heavy atom. The molecule has 0 aliphatic heterocycles. The third-order valence-electron chi connectivity index (χ3n) is 3.84. The van der Waals surface area contributed by atoms with Crippen molar-refractivity contribution in [3.8, 4) is 11.5 Å². The lowest BCUT2D eigenvalue weighted by atomic mass is 9.98. The van der Waals surface area contributed by atoms with Crippen LogP contribution < -0.4 is 20.1 Å². The summed E-state index contributed by atoms with van der Waals surface area (Å²) in [6.45, 7) is 10.6. The Morgan fingerprint density at radius 1 is 1.15 bits per heavy atom. The van der Waals surface area contributed by atoms with Gasteiger partial charge in [-0.05, 0) is 24.6 Å². The van der Waals surface area contributed by atoms with Crippen LogP contribution in [0.2, 0.25) is 0 Å². The standard InChI is InChI=1S/C20H30N4O2S/c1-7-21-19(23-12-15-13-27-18(24-15)20(2,3)4)22-11-14-8-9-16(25-5)17(10-14)26-6/h8-10,13H,7,11-12H2,1-6H3,(H2,21,22,23). The van der Waals surface area contributed by atoms with Gasteiger partial charge in [0.1, 0.15) is 0 Å². The average Bonchev–Trinajstić information content (AvgIpc) is 3.13. The van der Waals surface area contributed by atoms with Crippen LogP contribution in [-0.4, -0.2) is 31.7 Å². The minimum Gasteiger partial charge on any atom is -0.493 e. The lowest BCUT2D eigenvalue weighted by molar-refractivity contribution is 0.354. The lowest BCUT2D eigenvalue weighted by Gasteiger charge is -2.14. The monoisotopic (exact) mass is 390 g/mol. The van der Waals surface area contributed by atoms with Gasteiger partial charge in [0.25, 0.3) is 0 Å². The quantitative estimate of drug-likeness (QED) is 0.557. The van der Waals surface area contributed by atoms with Crippen LogP contribution in [0, 0.1) is 0 Å². The summed E-state index contributed by atoms with van der Waals surface area (Å²) in [6, 6.07) is 5.83. The van der Waals surface area contributed by atoms with E-state index in [1.165, 1.54) is 0 Å². The maximum atomic E-state index is 5.35. The van der Waals surface area contributed by atoms with Crippen LogP contribution in [-0.2, 0) is 18.5 Å². The highest BCUT2D eigenvalue weighted by atomic mass is 32.1. The van der Waals surface area contributed by atoms with Crippen molar-refractivity contribution in [2.45, 2.75) is 46.2 Å². The molecule has 0 atom stereocenters. The molecule has 7 heteroatoms. The maximum Gasteiger partial charge on any atom is 0.191 e. The molecule has 0 fully saturated rings. The van der Waals surface area contributed by atoms with Crippen LogP contribution in [0.4, 0.5) is 0 Å². The molecule has 0 bridgehead atoms. The van der Waals surface area contributed by atoms with Crippen molar-refractivity contribution in [3.63, 3.8) is 0 Å². The number of aromatic nitrogens is 1. The second kappa shape index (κ2) is 9.60. The van der Waals surface area contributed by atoms with Gasteiger partial charge in [-0.1, -0.05) is 26.8 Å². The van der Waals surface area contributed by atoms with Crippen molar-refractivity contribution < 1.29 is 9.47 Å². The number of thiazole rings is 1. The zero-order valence-corrected chi connectivity index (χ0v) is 17.9. The number of guanidine groups is 1. The number of nitrogens with zero attached hydrogens (tertiary/aromatic N) is 2. The molecule has 1 heterocycles. The predicted molar refractivity (Wildman–Crippen MR) is 112 cm³/mol. The van der Waals surface area contributed by atoms with Crippen LogP contribution in [0.25, 0.3) is 0 Å². The van der Waals surface area contributed by atoms with Crippen molar-refractivity contribution in [1.29, 1.82) is 0 Å². The summed E-state index contributed by atoms with van der Waals surface area (Å²) in [4.78, 5) is 9.38. The van der Waals surface area contributed by atoms with E-state index in [0.29, 0.717) is 24.6 Å². The van der Waals surface area contributed by atoms with Gasteiger partial charge in [-0.2, -0.15) is 0 Å². The van der Waals surface area contributed by atoms with Gasteiger partial charge < -0.3 is 20.1 Å². The smallest absolute Gasteiger partial charge is 0.191 e. The minimum absolute atomic E-state index is 0.0783. The number of nitrogens with one attached hydrogen (secondary N) is 2. The number of aliphatic imine (C=N–C) groups is 1. The topological polar surface area (TPSA) is 67.8 Å². The van der Waals surface area contributed by atoms with Gasteiger partial charge in [-0.3, -0.25) is 0 Å². The van der Waals surface area contributed by atoms with Crippen LogP contribution >= 0.6 is 11.3 Å². The largest absolute Gasteiger partial charge is 0.493 e. The minimum atomic E-state index is 0.0783. The Bertz CT molecular complexity index is 766. The Hall–Kier alpha value is -2.28. The highest BCUT2D eigenvalue weighted by Crippen LogP contribution is 2.28. The van der Waals surface area contributed by atoms with Crippen molar-refractivity contribution in [2.24, 2.45) is 4.99 Å². The molecule has 0 radical (unpaired) electrons. The predicted octanol–water partition coefficient (Wildman–Crippen LogP) is 3.71. The van der Waals surface area contributed by atoms with E-state index in [1.54, 1.807) is 25.6 Å². The molecule has 6 nitrogen and oxygen atoms in total. The van der Waals surface area contributed by atoms with Gasteiger partial charge in [0.2, 0.25) is 0 Å². The fourth-order valence-corrected chi connectivity index (χ4v) is 3.31. The first-order valence-corrected chi connectivity index (χ1v) is 9.93. The first-order chi connectivity index (χ1) is 12.9. The zero-order valence-electron chi connectivity index (χ0n) is 17.0. The van der Waals surface area contributed by atoms with E-state index < -0.39 is 0 Å². The molecule has 0 aliphatic carbocycles. The number of hydrogen-bond donors (Lipinski definition) is 2. The molecule has 0 spiro atoms. The third kappa shape index (κ3) is 6.13. The van der Waals surface area contributed by atoms with E-state index in [2.05, 4.69) is 41.8 Å². The number of benzene rings is 1. The molecule has 2 rings (SSSR count). The Labute approximate surface area is 166 Å². The van der Waals surface area contributed by atoms with Gasteiger partial charge in [0.15, 0.2) is 17.5 Å². The van der Waals surface area contributed by atoms with Gasteiger partial charge in [0.05, 0.1) is 38.0 Å². The van der Waals surface area contributed by atoms with E-state index in [9.17, 15) is 0 Å². The van der Waals surface area contributed by atoms with Crippen molar-refractivity contribution >= 4 is 17.3 Å². The number of hydrogen-bond acceptors (Lipinski definition) is 5. The fraction of sp³-hybridized carbons (Fsp3) is 0.500. The summed E-state index contributed by atoms with van der Waals surface area (Å²) in [6.07, 6.45) is 0. The molecule has 0 aliphatic rings. The van der Waals surface area contributed by atoms with Gasteiger partial charge >= 0.3 is 0 Å². The molecule has 0 amide bonds. The third-order valence-corrected chi connectivity index (χ3v) is 5.16. The maximum absolute atomic E-state index is 5.35. The molecule has 0 unspecified atom stereocenters. The summed E-state index contributed by atoms with van der Waals surface area (Å²) in [7, 11) is 3.27. The molecule has 2 aromatic rings. The summed E-state index contributed by atoms with van der Waals surface area (Å²) in [5.41, 5.74) is 2.16. The van der Waals surface area contributed by atoms with Crippen LogP contribution in [0.15, 0.2) is 28.6 Å². The average molecular weight is 391 g/mol. The highest BCUT2D eigenvalue weighted by Gasteiger charge is 2.17. The molecule has 1 aromatic heterocycles. The summed E-state index contributed by atoms with van der Waals surface area (Å²) in [5, 5.41) is 9.87. The molecule has 148 valence electrons. The van der Waals surface area contributed by atoms with E-state index in [-0.39, 0.29) is 5.41 Å². The fourth-order valence-electron chi connectivity index (χ4n) is 2.40. The molecule has 0 saturated carbocycles. The lowest BCUT2D eigenvalue weighted by Crippen LogP contribution is -2.36. The molecule has 27 heavy (non-hydrogen) atoms. The van der Waals surface area contributed by atoms with Gasteiger partial charge in [-0.25, -0.2) is 9.98 Å². The number of ether oxygens (including phenoxy) is 2. The normalized spacial score (nSPS) is 12.0. The van der Waals surface area contributed by atoms with Crippen LogP contribution in [0.3, 0.4) is 0 Å². The summed E-state index contributed by atoms with van der Waals surface area (Å²) < 4.78 is 10.6. The molecular formula is C20H30N4O2S. The molecule has 2 N–H and O–H groups in total. The first kappa shape index (κ1) is 21.0. The Balaban J connectivity index is 2.03. The molecule has 1 aromatic carbocycles. The molecule has 0 saturated heterocycles. The number of methoxy groups -OCH3 is 2. The van der Waals surface area contributed by atoms with Crippen LogP contribution in [0.5, 0.6) is 11.5 Å². The second-order valence-electron chi connectivity index (χ2n) is 7.13. The van der Waals surface area contributed by atoms with Crippen molar-refractivity contribution in [1.82, 2.24) is 15.6 Å².